The number of amides is 1. The molecular formula is C16H27ClN4O2S. The molecule has 1 aromatic heterocycles. The summed E-state index contributed by atoms with van der Waals surface area (Å²) in [6.45, 7) is 10.4. The fourth-order valence-electron chi connectivity index (χ4n) is 3.53. The van der Waals surface area contributed by atoms with E-state index in [0.29, 0.717) is 19.0 Å². The summed E-state index contributed by atoms with van der Waals surface area (Å²) in [4.78, 5) is 29.9. The Morgan fingerprint density at radius 3 is 2.58 bits per heavy atom. The molecule has 2 aliphatic heterocycles. The van der Waals surface area contributed by atoms with Crippen molar-refractivity contribution in [1.82, 2.24) is 19.7 Å². The quantitative estimate of drug-likeness (QED) is 0.848. The lowest BCUT2D eigenvalue weighted by Crippen LogP contribution is -2.49. The molecule has 0 radical (unpaired) electrons. The molecule has 0 bridgehead atoms. The molecule has 1 amide bonds. The van der Waals surface area contributed by atoms with E-state index in [1.54, 1.807) is 4.57 Å². The second-order valence-electron chi connectivity index (χ2n) is 6.48. The van der Waals surface area contributed by atoms with E-state index in [1.165, 1.54) is 11.3 Å². The maximum absolute atomic E-state index is 12.5. The number of halogens is 1. The number of hydrogen-bond acceptors (Lipinski definition) is 5. The van der Waals surface area contributed by atoms with Crippen LogP contribution in [0.1, 0.15) is 23.4 Å². The molecule has 6 nitrogen and oxygen atoms in total. The molecular weight excluding hydrogens is 348 g/mol. The smallest absolute Gasteiger partial charge is 0.307 e. The number of aryl methyl sites for hydroxylation is 1. The predicted molar refractivity (Wildman–Crippen MR) is 99.3 cm³/mol. The van der Waals surface area contributed by atoms with Crippen LogP contribution in [0.3, 0.4) is 0 Å². The van der Waals surface area contributed by atoms with Gasteiger partial charge in [0.25, 0.3) is 0 Å². The van der Waals surface area contributed by atoms with E-state index < -0.39 is 0 Å². The van der Waals surface area contributed by atoms with Crippen LogP contribution in [-0.2, 0) is 11.3 Å². The number of rotatable bonds is 4. The molecule has 0 aromatic carbocycles. The number of likely N-dealkylation sites (tertiary alicyclic amines) is 1. The third kappa shape index (κ3) is 4.20. The zero-order valence-corrected chi connectivity index (χ0v) is 16.0. The number of carbonyl (C=O) groups is 1. The standard InChI is InChI=1S/C16H26N4O2S.ClH/c1-12-13(2)23-16(22)20(12)8-4-15(21)19-7-3-14(11-19)18-9-5-17-6-10-18;/h14,17H,3-11H2,1-2H3;1H. The lowest BCUT2D eigenvalue weighted by Gasteiger charge is -2.32. The van der Waals surface area contributed by atoms with Crippen molar-refractivity contribution in [2.45, 2.75) is 39.3 Å². The summed E-state index contributed by atoms with van der Waals surface area (Å²) in [6.07, 6.45) is 1.49. The van der Waals surface area contributed by atoms with E-state index in [4.69, 9.17) is 0 Å². The van der Waals surface area contributed by atoms with Crippen LogP contribution in [0.2, 0.25) is 0 Å². The molecule has 8 heteroatoms. The predicted octanol–water partition coefficient (Wildman–Crippen LogP) is 0.845. The van der Waals surface area contributed by atoms with Crippen molar-refractivity contribution in [3.63, 3.8) is 0 Å². The highest BCUT2D eigenvalue weighted by Crippen LogP contribution is 2.17. The van der Waals surface area contributed by atoms with Crippen LogP contribution < -0.4 is 10.2 Å². The maximum Gasteiger partial charge on any atom is 0.307 e. The Balaban J connectivity index is 0.00000208. The zero-order valence-electron chi connectivity index (χ0n) is 14.4. The average Bonchev–Trinajstić information content (AvgIpc) is 3.13. The van der Waals surface area contributed by atoms with Crippen LogP contribution in [0.25, 0.3) is 0 Å². The Hall–Kier alpha value is -0.890. The van der Waals surface area contributed by atoms with Gasteiger partial charge < -0.3 is 14.8 Å². The normalized spacial score (nSPS) is 21.8. The first-order chi connectivity index (χ1) is 11.1. The highest BCUT2D eigenvalue weighted by molar-refractivity contribution is 7.09. The minimum absolute atomic E-state index is 0. The molecule has 0 spiro atoms. The molecule has 1 unspecified atom stereocenters. The Labute approximate surface area is 153 Å². The summed E-state index contributed by atoms with van der Waals surface area (Å²) < 4.78 is 1.74. The van der Waals surface area contributed by atoms with Crippen molar-refractivity contribution in [3.05, 3.63) is 20.2 Å². The summed E-state index contributed by atoms with van der Waals surface area (Å²) in [7, 11) is 0. The van der Waals surface area contributed by atoms with Crippen LogP contribution in [-0.4, -0.2) is 65.6 Å². The Morgan fingerprint density at radius 2 is 1.96 bits per heavy atom. The SMILES string of the molecule is Cc1sc(=O)n(CCC(=O)N2CCC(N3CCNCC3)C2)c1C.Cl. The molecule has 2 saturated heterocycles. The first kappa shape index (κ1) is 19.4. The summed E-state index contributed by atoms with van der Waals surface area (Å²) in [5.41, 5.74) is 0.993. The van der Waals surface area contributed by atoms with Crippen LogP contribution >= 0.6 is 23.7 Å². The molecule has 0 aliphatic carbocycles. The first-order valence-corrected chi connectivity index (χ1v) is 9.27. The van der Waals surface area contributed by atoms with Crippen molar-refractivity contribution < 1.29 is 4.79 Å². The van der Waals surface area contributed by atoms with Gasteiger partial charge in [-0.3, -0.25) is 14.5 Å². The number of aromatic nitrogens is 1. The van der Waals surface area contributed by atoms with E-state index >= 15 is 0 Å². The van der Waals surface area contributed by atoms with Gasteiger partial charge in [-0.15, -0.1) is 12.4 Å². The fraction of sp³-hybridized carbons (Fsp3) is 0.750. The third-order valence-electron chi connectivity index (χ3n) is 5.11. The Kier molecular flexibility index (Phi) is 6.86. The molecule has 3 heterocycles. The Bertz CT molecular complexity index is 624. The van der Waals surface area contributed by atoms with Crippen LogP contribution in [0.5, 0.6) is 0 Å². The second-order valence-corrected chi connectivity index (χ2v) is 7.65. The maximum atomic E-state index is 12.5. The molecule has 3 rings (SSSR count). The van der Waals surface area contributed by atoms with Crippen LogP contribution in [0.4, 0.5) is 0 Å². The lowest BCUT2D eigenvalue weighted by atomic mass is 10.2. The van der Waals surface area contributed by atoms with Gasteiger partial charge in [0, 0.05) is 68.8 Å². The molecule has 2 aliphatic rings. The third-order valence-corrected chi connectivity index (χ3v) is 6.11. The second kappa shape index (κ2) is 8.47. The van der Waals surface area contributed by atoms with Gasteiger partial charge in [-0.1, -0.05) is 11.3 Å². The minimum Gasteiger partial charge on any atom is -0.341 e. The van der Waals surface area contributed by atoms with Crippen molar-refractivity contribution in [2.24, 2.45) is 0 Å². The molecule has 24 heavy (non-hydrogen) atoms. The zero-order chi connectivity index (χ0) is 16.4. The summed E-state index contributed by atoms with van der Waals surface area (Å²) in [5.74, 6) is 0.179. The van der Waals surface area contributed by atoms with Crippen LogP contribution in [0, 0.1) is 13.8 Å². The number of piperazine rings is 1. The van der Waals surface area contributed by atoms with Crippen molar-refractivity contribution in [1.29, 1.82) is 0 Å². The van der Waals surface area contributed by atoms with Crippen molar-refractivity contribution in [2.75, 3.05) is 39.3 Å². The highest BCUT2D eigenvalue weighted by atomic mass is 35.5. The molecule has 1 N–H and O–H groups in total. The van der Waals surface area contributed by atoms with Gasteiger partial charge >= 0.3 is 4.87 Å². The lowest BCUT2D eigenvalue weighted by molar-refractivity contribution is -0.130. The van der Waals surface area contributed by atoms with Gasteiger partial charge in [0.2, 0.25) is 5.91 Å². The number of hydrogen-bond donors (Lipinski definition) is 1. The van der Waals surface area contributed by atoms with Gasteiger partial charge in [0.05, 0.1) is 0 Å². The average molecular weight is 375 g/mol. The molecule has 2 fully saturated rings. The molecule has 1 atom stereocenters. The number of carbonyl (C=O) groups excluding carboxylic acids is 1. The topological polar surface area (TPSA) is 57.6 Å². The van der Waals surface area contributed by atoms with E-state index in [0.717, 1.165) is 56.3 Å². The van der Waals surface area contributed by atoms with E-state index in [9.17, 15) is 9.59 Å². The monoisotopic (exact) mass is 374 g/mol. The van der Waals surface area contributed by atoms with Gasteiger partial charge in [0.15, 0.2) is 0 Å². The summed E-state index contributed by atoms with van der Waals surface area (Å²) >= 11 is 1.27. The number of thiazole rings is 1. The van der Waals surface area contributed by atoms with Gasteiger partial charge in [-0.25, -0.2) is 0 Å². The van der Waals surface area contributed by atoms with E-state index in [2.05, 4.69) is 10.2 Å². The summed E-state index contributed by atoms with van der Waals surface area (Å²) in [6, 6.07) is 0.508. The fourth-order valence-corrected chi connectivity index (χ4v) is 4.38. The van der Waals surface area contributed by atoms with Gasteiger partial charge in [0.1, 0.15) is 0 Å². The largest absolute Gasteiger partial charge is 0.341 e. The van der Waals surface area contributed by atoms with Crippen LogP contribution in [0.15, 0.2) is 4.79 Å². The summed E-state index contributed by atoms with van der Waals surface area (Å²) in [5, 5.41) is 3.37. The van der Waals surface area contributed by atoms with Crippen molar-refractivity contribution >= 4 is 29.7 Å². The molecule has 0 saturated carbocycles. The van der Waals surface area contributed by atoms with E-state index in [-0.39, 0.29) is 23.2 Å². The minimum atomic E-state index is 0. The van der Waals surface area contributed by atoms with Gasteiger partial charge in [-0.05, 0) is 20.3 Å². The highest BCUT2D eigenvalue weighted by Gasteiger charge is 2.30. The van der Waals surface area contributed by atoms with E-state index in [1.807, 2.05) is 18.7 Å². The number of nitrogens with zero attached hydrogens (tertiary/aromatic N) is 3. The molecule has 136 valence electrons. The molecule has 1 aromatic rings. The Morgan fingerprint density at radius 1 is 1.25 bits per heavy atom. The van der Waals surface area contributed by atoms with Crippen molar-refractivity contribution in [3.8, 4) is 0 Å². The van der Waals surface area contributed by atoms with Gasteiger partial charge in [-0.2, -0.15) is 0 Å². The number of nitrogens with one attached hydrogen (secondary N) is 1. The first-order valence-electron chi connectivity index (χ1n) is 8.45.